The van der Waals surface area contributed by atoms with Crippen LogP contribution in [0.5, 0.6) is 0 Å². The molecule has 1 aliphatic heterocycles. The van der Waals surface area contributed by atoms with E-state index in [4.69, 9.17) is 0 Å². The van der Waals surface area contributed by atoms with Gasteiger partial charge in [-0.1, -0.05) is 6.92 Å². The van der Waals surface area contributed by atoms with Gasteiger partial charge >= 0.3 is 0 Å². The molecule has 4 rings (SSSR count). The molecular weight excluding hydrogens is 539 g/mol. The van der Waals surface area contributed by atoms with Gasteiger partial charge in [-0.15, -0.1) is 11.3 Å². The molecule has 168 valence electrons. The first-order chi connectivity index (χ1) is 15.2. The number of amides is 2. The number of carbonyl (C=O) groups is 2. The van der Waals surface area contributed by atoms with Crippen molar-refractivity contribution >= 4 is 61.6 Å². The number of likely N-dealkylation sites (tertiary alicyclic amines) is 1. The number of aromatic nitrogens is 2. The molecule has 1 N–H and O–H groups in total. The van der Waals surface area contributed by atoms with Gasteiger partial charge in [-0.2, -0.15) is 0 Å². The minimum absolute atomic E-state index is 0.0346. The zero-order valence-corrected chi connectivity index (χ0v) is 21.2. The highest BCUT2D eigenvalue weighted by atomic mass is 127. The second-order valence-electron chi connectivity index (χ2n) is 8.41. The maximum Gasteiger partial charge on any atom is 0.266 e. The molecule has 0 saturated carbocycles. The van der Waals surface area contributed by atoms with Crippen molar-refractivity contribution in [3.05, 3.63) is 54.5 Å². The van der Waals surface area contributed by atoms with Gasteiger partial charge in [0.2, 0.25) is 5.91 Å². The molecule has 1 atom stereocenters. The lowest BCUT2D eigenvalue weighted by Crippen LogP contribution is -2.42. The van der Waals surface area contributed by atoms with E-state index in [0.29, 0.717) is 26.6 Å². The molecule has 9 heteroatoms. The fraction of sp³-hybridized carbons (Fsp3) is 0.391. The number of thiophene rings is 1. The molecular formula is C23H25IN4O3S. The van der Waals surface area contributed by atoms with E-state index in [-0.39, 0.29) is 23.9 Å². The van der Waals surface area contributed by atoms with Crippen LogP contribution in [-0.2, 0) is 11.3 Å². The lowest BCUT2D eigenvalue weighted by Gasteiger charge is -2.31. The van der Waals surface area contributed by atoms with Crippen molar-refractivity contribution in [2.45, 2.75) is 40.2 Å². The van der Waals surface area contributed by atoms with Crippen LogP contribution in [0.3, 0.4) is 0 Å². The van der Waals surface area contributed by atoms with Crippen molar-refractivity contribution in [3.8, 4) is 0 Å². The fourth-order valence-electron chi connectivity index (χ4n) is 4.10. The summed E-state index contributed by atoms with van der Waals surface area (Å²) >= 11 is 3.43. The van der Waals surface area contributed by atoms with Crippen LogP contribution < -0.4 is 10.9 Å². The first kappa shape index (κ1) is 22.9. The lowest BCUT2D eigenvalue weighted by molar-refractivity contribution is -0.133. The minimum atomic E-state index is -0.286. The zero-order valence-electron chi connectivity index (χ0n) is 18.3. The average Bonchev–Trinajstić information content (AvgIpc) is 3.09. The summed E-state index contributed by atoms with van der Waals surface area (Å²) in [6.45, 7) is 7.26. The normalized spacial score (nSPS) is 16.4. The van der Waals surface area contributed by atoms with Gasteiger partial charge in [-0.3, -0.25) is 19.0 Å². The summed E-state index contributed by atoms with van der Waals surface area (Å²) in [5.74, 6) is 0.140. The topological polar surface area (TPSA) is 84.3 Å². The Morgan fingerprint density at radius 1 is 1.31 bits per heavy atom. The van der Waals surface area contributed by atoms with E-state index in [2.05, 4.69) is 39.8 Å². The second-order valence-corrected chi connectivity index (χ2v) is 10.7. The van der Waals surface area contributed by atoms with Crippen LogP contribution in [0.4, 0.5) is 5.69 Å². The number of carbonyl (C=O) groups excluding carboxylic acids is 2. The average molecular weight is 564 g/mol. The fourth-order valence-corrected chi connectivity index (χ4v) is 5.78. The predicted octanol–water partition coefficient (Wildman–Crippen LogP) is 4.19. The first-order valence-electron chi connectivity index (χ1n) is 10.6. The predicted molar refractivity (Wildman–Crippen MR) is 135 cm³/mol. The Morgan fingerprint density at radius 3 is 2.81 bits per heavy atom. The number of piperidine rings is 1. The number of benzene rings is 1. The number of nitrogens with zero attached hydrogens (tertiary/aromatic N) is 3. The molecule has 0 radical (unpaired) electrons. The Morgan fingerprint density at radius 2 is 2.09 bits per heavy atom. The molecule has 32 heavy (non-hydrogen) atoms. The van der Waals surface area contributed by atoms with Gasteiger partial charge in [-0.05, 0) is 84.5 Å². The van der Waals surface area contributed by atoms with Crippen LogP contribution in [0.25, 0.3) is 10.2 Å². The van der Waals surface area contributed by atoms with Crippen LogP contribution in [0.2, 0.25) is 0 Å². The molecule has 0 aliphatic carbocycles. The largest absolute Gasteiger partial charge is 0.341 e. The summed E-state index contributed by atoms with van der Waals surface area (Å²) in [4.78, 5) is 46.0. The van der Waals surface area contributed by atoms with Crippen LogP contribution in [-0.4, -0.2) is 39.4 Å². The van der Waals surface area contributed by atoms with Crippen LogP contribution >= 0.6 is 33.9 Å². The van der Waals surface area contributed by atoms with Crippen molar-refractivity contribution in [1.82, 2.24) is 14.5 Å². The summed E-state index contributed by atoms with van der Waals surface area (Å²) in [5, 5.41) is 3.34. The Balaban J connectivity index is 1.60. The molecule has 7 nitrogen and oxygen atoms in total. The Kier molecular flexibility index (Phi) is 6.66. The van der Waals surface area contributed by atoms with E-state index in [1.165, 1.54) is 22.2 Å². The Hall–Kier alpha value is -2.27. The number of hydrogen-bond acceptors (Lipinski definition) is 5. The third-order valence-electron chi connectivity index (χ3n) is 5.88. The van der Waals surface area contributed by atoms with Crippen LogP contribution in [0.15, 0.2) is 29.3 Å². The summed E-state index contributed by atoms with van der Waals surface area (Å²) in [6.07, 6.45) is 3.52. The highest BCUT2D eigenvalue weighted by Gasteiger charge is 2.23. The van der Waals surface area contributed by atoms with E-state index in [1.54, 1.807) is 6.92 Å². The van der Waals surface area contributed by atoms with E-state index in [0.717, 1.165) is 40.8 Å². The van der Waals surface area contributed by atoms with Gasteiger partial charge in [0.05, 0.1) is 16.6 Å². The molecule has 1 aromatic carbocycles. The van der Waals surface area contributed by atoms with E-state index < -0.39 is 0 Å². The third-order valence-corrected chi connectivity index (χ3v) is 7.75. The van der Waals surface area contributed by atoms with Crippen molar-refractivity contribution in [2.24, 2.45) is 5.92 Å². The lowest BCUT2D eigenvalue weighted by atomic mass is 10.0. The van der Waals surface area contributed by atoms with Crippen molar-refractivity contribution in [2.75, 3.05) is 18.4 Å². The van der Waals surface area contributed by atoms with E-state index in [1.807, 2.05) is 30.0 Å². The molecule has 0 unspecified atom stereocenters. The summed E-state index contributed by atoms with van der Waals surface area (Å²) in [5.41, 5.74) is 2.01. The van der Waals surface area contributed by atoms with Gasteiger partial charge in [0.15, 0.2) is 0 Å². The minimum Gasteiger partial charge on any atom is -0.341 e. The van der Waals surface area contributed by atoms with Gasteiger partial charge < -0.3 is 10.2 Å². The number of hydrogen-bond donors (Lipinski definition) is 1. The molecule has 3 heterocycles. The molecule has 0 bridgehead atoms. The molecule has 2 aromatic heterocycles. The summed E-state index contributed by atoms with van der Waals surface area (Å²) in [6, 6.07) is 5.80. The third kappa shape index (κ3) is 4.59. The highest BCUT2D eigenvalue weighted by molar-refractivity contribution is 14.1. The molecule has 3 aromatic rings. The van der Waals surface area contributed by atoms with Gasteiger partial charge in [0, 0.05) is 22.3 Å². The van der Waals surface area contributed by atoms with Crippen molar-refractivity contribution in [3.63, 3.8) is 0 Å². The second kappa shape index (κ2) is 9.30. The smallest absolute Gasteiger partial charge is 0.266 e. The maximum absolute atomic E-state index is 13.1. The molecule has 1 saturated heterocycles. The van der Waals surface area contributed by atoms with E-state index in [9.17, 15) is 14.4 Å². The number of halogens is 1. The van der Waals surface area contributed by atoms with Gasteiger partial charge in [0.1, 0.15) is 11.4 Å². The highest BCUT2D eigenvalue weighted by Crippen LogP contribution is 2.28. The number of rotatable bonds is 4. The van der Waals surface area contributed by atoms with Crippen molar-refractivity contribution in [1.29, 1.82) is 0 Å². The number of fused-ring (bicyclic) bond motifs is 1. The standard InChI is InChI=1S/C23H25IN4O3S/c1-13-5-4-8-27(10-13)18(29)11-28-12-25-22-19(23(28)31)15(3)20(32-22)21(30)26-17-7-6-16(24)9-14(17)2/h6-7,9,12-13H,4-5,8,10-11H2,1-3H3,(H,26,30)/t13-/m1/s1. The van der Waals surface area contributed by atoms with Gasteiger partial charge in [0.25, 0.3) is 11.5 Å². The van der Waals surface area contributed by atoms with Crippen LogP contribution in [0, 0.1) is 23.3 Å². The zero-order chi connectivity index (χ0) is 23.0. The Bertz CT molecular complexity index is 1270. The first-order valence-corrected chi connectivity index (χ1v) is 12.5. The number of anilines is 1. The summed E-state index contributed by atoms with van der Waals surface area (Å²) < 4.78 is 2.45. The maximum atomic E-state index is 13.1. The molecule has 1 fully saturated rings. The molecule has 2 amide bonds. The summed E-state index contributed by atoms with van der Waals surface area (Å²) in [7, 11) is 0. The monoisotopic (exact) mass is 564 g/mol. The SMILES string of the molecule is Cc1cc(I)ccc1NC(=O)c1sc2ncn(CC(=O)N3CCC[C@@H](C)C3)c(=O)c2c1C. The number of aryl methyl sites for hydroxylation is 2. The Labute approximate surface area is 204 Å². The van der Waals surface area contributed by atoms with Crippen molar-refractivity contribution < 1.29 is 9.59 Å². The van der Waals surface area contributed by atoms with Crippen LogP contribution in [0.1, 0.15) is 40.6 Å². The molecule has 0 spiro atoms. The quantitative estimate of drug-likeness (QED) is 0.482. The van der Waals surface area contributed by atoms with E-state index >= 15 is 0 Å². The number of nitrogens with one attached hydrogen (secondary N) is 1. The molecule has 1 aliphatic rings. The van der Waals surface area contributed by atoms with Gasteiger partial charge in [-0.25, -0.2) is 4.98 Å².